The van der Waals surface area contributed by atoms with Crippen LogP contribution in [0.15, 0.2) is 34.5 Å². The van der Waals surface area contributed by atoms with Crippen molar-refractivity contribution in [3.05, 3.63) is 40.4 Å². The molecule has 0 radical (unpaired) electrons. The van der Waals surface area contributed by atoms with E-state index in [-0.39, 0.29) is 16.3 Å². The molecule has 0 aromatic heterocycles. The van der Waals surface area contributed by atoms with Crippen LogP contribution in [-0.2, 0) is 0 Å². The topological polar surface area (TPSA) is 76.6 Å². The average Bonchev–Trinajstić information content (AvgIpc) is 2.62. The van der Waals surface area contributed by atoms with E-state index in [0.29, 0.717) is 11.1 Å². The summed E-state index contributed by atoms with van der Waals surface area (Å²) in [5.74, 6) is 0. The molecular weight excluding hydrogens is 228 g/mol. The van der Waals surface area contributed by atoms with E-state index in [1.54, 1.807) is 30.3 Å². The van der Waals surface area contributed by atoms with E-state index in [2.05, 4.69) is 5.16 Å². The van der Waals surface area contributed by atoms with E-state index in [4.69, 9.17) is 22.1 Å². The lowest BCUT2D eigenvalue weighted by Crippen LogP contribution is -2.05. The monoisotopic (exact) mass is 234 g/mol. The molecule has 2 rings (SSSR count). The second-order valence-corrected chi connectivity index (χ2v) is 3.65. The first-order chi connectivity index (χ1) is 7.70. The van der Waals surface area contributed by atoms with Gasteiger partial charge in [-0.15, -0.1) is 0 Å². The molecular formula is C11H7ClN2O2. The number of hydrogen-bond acceptors (Lipinski definition) is 4. The van der Waals surface area contributed by atoms with E-state index < -0.39 is 6.10 Å². The van der Waals surface area contributed by atoms with Gasteiger partial charge >= 0.3 is 0 Å². The van der Waals surface area contributed by atoms with Crippen LogP contribution in [0.25, 0.3) is 5.57 Å². The number of allylic oxidation sites excluding steroid dienone is 1. The third-order valence-electron chi connectivity index (χ3n) is 2.47. The van der Waals surface area contributed by atoms with Gasteiger partial charge in [-0.25, -0.2) is 0 Å². The molecule has 1 aliphatic rings. The zero-order chi connectivity index (χ0) is 11.7. The van der Waals surface area contributed by atoms with Gasteiger partial charge in [-0.2, -0.15) is 5.26 Å². The van der Waals surface area contributed by atoms with Crippen LogP contribution in [0.4, 0.5) is 0 Å². The van der Waals surface area contributed by atoms with Gasteiger partial charge in [0.05, 0.1) is 0 Å². The van der Waals surface area contributed by atoms with Crippen molar-refractivity contribution in [3.63, 3.8) is 0 Å². The zero-order valence-electron chi connectivity index (χ0n) is 8.05. The average molecular weight is 235 g/mol. The summed E-state index contributed by atoms with van der Waals surface area (Å²) < 4.78 is 0. The van der Waals surface area contributed by atoms with Crippen LogP contribution in [0, 0.1) is 11.3 Å². The van der Waals surface area contributed by atoms with Crippen LogP contribution in [0.2, 0.25) is 0 Å². The molecule has 0 saturated heterocycles. The van der Waals surface area contributed by atoms with Crippen LogP contribution in [0.1, 0.15) is 17.2 Å². The van der Waals surface area contributed by atoms with E-state index >= 15 is 0 Å². The highest BCUT2D eigenvalue weighted by atomic mass is 35.5. The lowest BCUT2D eigenvalue weighted by Gasteiger charge is -2.01. The molecule has 0 saturated carbocycles. The van der Waals surface area contributed by atoms with Crippen LogP contribution in [0.3, 0.4) is 0 Å². The number of aliphatic hydroxyl groups excluding tert-OH is 1. The molecule has 0 spiro atoms. The molecule has 4 nitrogen and oxygen atoms in total. The Labute approximate surface area is 96.7 Å². The standard InChI is InChI=1S/C11H7ClN2O2/c12-8(5-13)9-6-3-1-2-4-7(6)11(15)10(9)14-16/h1-4,11,15-16H/b9-8-,14-10+. The summed E-state index contributed by atoms with van der Waals surface area (Å²) in [4.78, 5) is 0. The molecule has 1 aromatic rings. The molecule has 0 bridgehead atoms. The first-order valence-electron chi connectivity index (χ1n) is 4.50. The van der Waals surface area contributed by atoms with Gasteiger partial charge < -0.3 is 10.3 Å². The number of nitriles is 1. The van der Waals surface area contributed by atoms with E-state index in [1.807, 2.05) is 0 Å². The Hall–Kier alpha value is -1.83. The zero-order valence-corrected chi connectivity index (χ0v) is 8.81. The SMILES string of the molecule is N#C/C(Cl)=C1/C(=N\O)C(O)c2ccccc21. The van der Waals surface area contributed by atoms with Gasteiger partial charge in [0.25, 0.3) is 0 Å². The molecule has 0 amide bonds. The van der Waals surface area contributed by atoms with Crippen molar-refractivity contribution in [2.45, 2.75) is 6.10 Å². The molecule has 1 aromatic carbocycles. The van der Waals surface area contributed by atoms with E-state index in [0.717, 1.165) is 0 Å². The fourth-order valence-corrected chi connectivity index (χ4v) is 1.97. The smallest absolute Gasteiger partial charge is 0.128 e. The lowest BCUT2D eigenvalue weighted by atomic mass is 10.1. The molecule has 5 heteroatoms. The summed E-state index contributed by atoms with van der Waals surface area (Å²) >= 11 is 5.75. The molecule has 2 N–H and O–H groups in total. The van der Waals surface area contributed by atoms with Crippen molar-refractivity contribution in [3.8, 4) is 6.07 Å². The number of benzene rings is 1. The fraction of sp³-hybridized carbons (Fsp3) is 0.0909. The van der Waals surface area contributed by atoms with E-state index in [9.17, 15) is 5.11 Å². The fourth-order valence-electron chi connectivity index (χ4n) is 1.78. The van der Waals surface area contributed by atoms with E-state index in [1.165, 1.54) is 0 Å². The minimum Gasteiger partial charge on any atom is -0.411 e. The lowest BCUT2D eigenvalue weighted by molar-refractivity contribution is 0.240. The molecule has 16 heavy (non-hydrogen) atoms. The third-order valence-corrected chi connectivity index (χ3v) is 2.74. The molecule has 80 valence electrons. The van der Waals surface area contributed by atoms with Gasteiger partial charge in [-0.05, 0) is 11.1 Å². The third kappa shape index (κ3) is 1.38. The maximum absolute atomic E-state index is 9.86. The van der Waals surface area contributed by atoms with Gasteiger partial charge in [0.1, 0.15) is 22.9 Å². The number of fused-ring (bicyclic) bond motifs is 1. The maximum atomic E-state index is 9.86. The van der Waals surface area contributed by atoms with Crippen molar-refractivity contribution in [2.75, 3.05) is 0 Å². The molecule has 0 fully saturated rings. The van der Waals surface area contributed by atoms with Crippen molar-refractivity contribution in [1.29, 1.82) is 5.26 Å². The Balaban J connectivity index is 2.76. The Morgan fingerprint density at radius 3 is 2.75 bits per heavy atom. The quantitative estimate of drug-likeness (QED) is 0.410. The molecule has 0 heterocycles. The first-order valence-corrected chi connectivity index (χ1v) is 4.88. The van der Waals surface area contributed by atoms with Crippen LogP contribution < -0.4 is 0 Å². The summed E-state index contributed by atoms with van der Waals surface area (Å²) in [5, 5.41) is 30.4. The number of halogens is 1. The Bertz CT molecular complexity index is 543. The number of rotatable bonds is 0. The van der Waals surface area contributed by atoms with Gasteiger partial charge in [0, 0.05) is 5.57 Å². The van der Waals surface area contributed by atoms with Crippen molar-refractivity contribution in [1.82, 2.24) is 0 Å². The van der Waals surface area contributed by atoms with Gasteiger partial charge in [0.2, 0.25) is 0 Å². The number of aliphatic hydroxyl groups is 1. The minimum absolute atomic E-state index is 0.00718. The minimum atomic E-state index is -1.04. The second-order valence-electron chi connectivity index (χ2n) is 3.28. The van der Waals surface area contributed by atoms with Gasteiger partial charge in [0.15, 0.2) is 0 Å². The molecule has 1 aliphatic carbocycles. The molecule has 1 atom stereocenters. The summed E-state index contributed by atoms with van der Waals surface area (Å²) in [6, 6.07) is 8.69. The predicted molar refractivity (Wildman–Crippen MR) is 59.0 cm³/mol. The Morgan fingerprint density at radius 2 is 2.12 bits per heavy atom. The Kier molecular flexibility index (Phi) is 2.65. The van der Waals surface area contributed by atoms with Crippen molar-refractivity contribution in [2.24, 2.45) is 5.16 Å². The normalized spacial score (nSPS) is 24.1. The number of hydrogen-bond donors (Lipinski definition) is 2. The van der Waals surface area contributed by atoms with Gasteiger partial charge in [-0.3, -0.25) is 0 Å². The predicted octanol–water partition coefficient (Wildman–Crippen LogP) is 2.04. The summed E-state index contributed by atoms with van der Waals surface area (Å²) in [6.07, 6.45) is -1.04. The summed E-state index contributed by atoms with van der Waals surface area (Å²) in [6.45, 7) is 0. The van der Waals surface area contributed by atoms with Crippen LogP contribution in [-0.4, -0.2) is 16.0 Å². The highest BCUT2D eigenvalue weighted by molar-refractivity contribution is 6.44. The largest absolute Gasteiger partial charge is 0.411 e. The first kappa shape index (κ1) is 10.7. The van der Waals surface area contributed by atoms with Crippen LogP contribution >= 0.6 is 11.6 Å². The summed E-state index contributed by atoms with van der Waals surface area (Å²) in [5.41, 5.74) is 1.50. The highest BCUT2D eigenvalue weighted by Crippen LogP contribution is 2.39. The molecule has 0 aliphatic heterocycles. The van der Waals surface area contributed by atoms with Crippen molar-refractivity contribution >= 4 is 22.9 Å². The van der Waals surface area contributed by atoms with Crippen molar-refractivity contribution < 1.29 is 10.3 Å². The maximum Gasteiger partial charge on any atom is 0.128 e. The van der Waals surface area contributed by atoms with Gasteiger partial charge in [-0.1, -0.05) is 41.0 Å². The second kappa shape index (κ2) is 3.97. The highest BCUT2D eigenvalue weighted by Gasteiger charge is 2.34. The summed E-state index contributed by atoms with van der Waals surface area (Å²) in [7, 11) is 0. The Morgan fingerprint density at radius 1 is 1.44 bits per heavy atom. The number of nitrogens with zero attached hydrogens (tertiary/aromatic N) is 2. The van der Waals surface area contributed by atoms with Crippen LogP contribution in [0.5, 0.6) is 0 Å². The molecule has 1 unspecified atom stereocenters. The number of oxime groups is 1.